The minimum atomic E-state index is 0.664. The Morgan fingerprint density at radius 1 is 1.04 bits per heavy atom. The number of nitrogens with one attached hydrogen (secondary N) is 1. The molecular weight excluding hydrogens is 356 g/mol. The Bertz CT molecular complexity index is 1090. The van der Waals surface area contributed by atoms with E-state index >= 15 is 0 Å². The van der Waals surface area contributed by atoms with Crippen LogP contribution < -0.4 is 10.2 Å². The number of fused-ring (bicyclic) bond motifs is 1. The molecule has 7 heteroatoms. The van der Waals surface area contributed by atoms with E-state index in [-0.39, 0.29) is 0 Å². The molecule has 0 aliphatic carbocycles. The molecule has 0 aliphatic rings. The van der Waals surface area contributed by atoms with E-state index in [1.807, 2.05) is 49.5 Å². The highest BCUT2D eigenvalue weighted by atomic mass is 32.1. The van der Waals surface area contributed by atoms with E-state index in [4.69, 9.17) is 9.97 Å². The van der Waals surface area contributed by atoms with E-state index in [9.17, 15) is 0 Å². The first-order valence-corrected chi connectivity index (χ1v) is 9.43. The summed E-state index contributed by atoms with van der Waals surface area (Å²) >= 11 is 1.68. The van der Waals surface area contributed by atoms with Crippen LogP contribution in [0.25, 0.3) is 21.6 Å². The third-order valence-corrected chi connectivity index (χ3v) is 5.52. The van der Waals surface area contributed by atoms with Crippen molar-refractivity contribution < 1.29 is 0 Å². The van der Waals surface area contributed by atoms with E-state index in [1.54, 1.807) is 23.7 Å². The summed E-state index contributed by atoms with van der Waals surface area (Å²) in [5, 5.41) is 4.49. The molecule has 4 heterocycles. The highest BCUT2D eigenvalue weighted by Crippen LogP contribution is 2.36. The summed E-state index contributed by atoms with van der Waals surface area (Å²) in [5.74, 6) is 2.37. The lowest BCUT2D eigenvalue weighted by molar-refractivity contribution is 1.07. The number of rotatable bonds is 4. The number of aromatic nitrogens is 4. The van der Waals surface area contributed by atoms with Crippen molar-refractivity contribution in [3.63, 3.8) is 0 Å². The molecule has 0 spiro atoms. The molecule has 0 atom stereocenters. The van der Waals surface area contributed by atoms with E-state index in [2.05, 4.69) is 29.1 Å². The van der Waals surface area contributed by atoms with Gasteiger partial charge in [-0.25, -0.2) is 15.0 Å². The van der Waals surface area contributed by atoms with Gasteiger partial charge in [-0.05, 0) is 43.7 Å². The summed E-state index contributed by atoms with van der Waals surface area (Å²) in [4.78, 5) is 22.4. The van der Waals surface area contributed by atoms with Crippen LogP contribution in [0.5, 0.6) is 0 Å². The van der Waals surface area contributed by atoms with Crippen LogP contribution in [0.1, 0.15) is 10.4 Å². The van der Waals surface area contributed by atoms with Gasteiger partial charge in [-0.3, -0.25) is 4.98 Å². The number of anilines is 3. The van der Waals surface area contributed by atoms with Crippen LogP contribution in [-0.2, 0) is 0 Å². The fourth-order valence-electron chi connectivity index (χ4n) is 2.83. The van der Waals surface area contributed by atoms with E-state index in [0.29, 0.717) is 5.82 Å². The summed E-state index contributed by atoms with van der Waals surface area (Å²) in [5.41, 5.74) is 2.99. The van der Waals surface area contributed by atoms with Gasteiger partial charge in [-0.2, -0.15) is 0 Å². The predicted octanol–water partition coefficient (Wildman–Crippen LogP) is 4.57. The maximum atomic E-state index is 4.80. The van der Waals surface area contributed by atoms with Crippen molar-refractivity contribution in [2.75, 3.05) is 24.3 Å². The van der Waals surface area contributed by atoms with Gasteiger partial charge in [0, 0.05) is 36.9 Å². The van der Waals surface area contributed by atoms with Crippen molar-refractivity contribution in [1.82, 2.24) is 19.9 Å². The van der Waals surface area contributed by atoms with Crippen LogP contribution in [0.2, 0.25) is 0 Å². The Labute approximate surface area is 162 Å². The Balaban J connectivity index is 1.82. The van der Waals surface area contributed by atoms with Crippen LogP contribution >= 0.6 is 11.3 Å². The molecule has 4 aromatic heterocycles. The highest BCUT2D eigenvalue weighted by Gasteiger charge is 2.16. The van der Waals surface area contributed by atoms with Crippen molar-refractivity contribution in [2.45, 2.75) is 13.8 Å². The predicted molar refractivity (Wildman–Crippen MR) is 112 cm³/mol. The summed E-state index contributed by atoms with van der Waals surface area (Å²) in [6, 6.07) is 7.85. The van der Waals surface area contributed by atoms with Gasteiger partial charge in [0.25, 0.3) is 0 Å². The minimum Gasteiger partial charge on any atom is -0.363 e. The maximum Gasteiger partial charge on any atom is 0.164 e. The van der Waals surface area contributed by atoms with Crippen LogP contribution in [-0.4, -0.2) is 34.0 Å². The molecule has 0 fully saturated rings. The summed E-state index contributed by atoms with van der Waals surface area (Å²) in [7, 11) is 3.95. The van der Waals surface area contributed by atoms with Crippen LogP contribution in [0.15, 0.2) is 42.9 Å². The topological polar surface area (TPSA) is 66.8 Å². The quantitative estimate of drug-likeness (QED) is 0.562. The zero-order chi connectivity index (χ0) is 19.0. The number of thiophene rings is 1. The van der Waals surface area contributed by atoms with Gasteiger partial charge in [0.15, 0.2) is 5.82 Å². The molecule has 0 radical (unpaired) electrons. The Morgan fingerprint density at radius 3 is 2.56 bits per heavy atom. The van der Waals surface area contributed by atoms with Gasteiger partial charge in [0.2, 0.25) is 0 Å². The molecule has 0 aliphatic heterocycles. The Kier molecular flexibility index (Phi) is 4.45. The van der Waals surface area contributed by atoms with E-state index < -0.39 is 0 Å². The molecule has 0 amide bonds. The molecule has 0 unspecified atom stereocenters. The van der Waals surface area contributed by atoms with Gasteiger partial charge in [-0.1, -0.05) is 0 Å². The first-order chi connectivity index (χ1) is 13.0. The molecule has 4 rings (SSSR count). The molecule has 0 bridgehead atoms. The third-order valence-electron chi connectivity index (χ3n) is 4.42. The van der Waals surface area contributed by atoms with Crippen molar-refractivity contribution in [1.29, 1.82) is 0 Å². The second-order valence-corrected chi connectivity index (χ2v) is 7.73. The van der Waals surface area contributed by atoms with Gasteiger partial charge >= 0.3 is 0 Å². The first kappa shape index (κ1) is 17.4. The lowest BCUT2D eigenvalue weighted by Crippen LogP contribution is -2.10. The molecule has 0 saturated heterocycles. The number of hydrogen-bond acceptors (Lipinski definition) is 7. The second kappa shape index (κ2) is 6.92. The lowest BCUT2D eigenvalue weighted by Gasteiger charge is -2.13. The molecule has 136 valence electrons. The molecule has 4 aromatic rings. The standard InChI is InChI=1S/C20H20N6S/c1-12-13(2)27-20-17(12)19(23-15-7-8-16(22-11-15)26(3)4)24-18(25-20)14-6-5-9-21-10-14/h5-11H,1-4H3,(H,23,24,25). The lowest BCUT2D eigenvalue weighted by atomic mass is 10.2. The molecule has 0 aromatic carbocycles. The van der Waals surface area contributed by atoms with Crippen LogP contribution in [0.4, 0.5) is 17.3 Å². The van der Waals surface area contributed by atoms with E-state index in [0.717, 1.165) is 33.1 Å². The minimum absolute atomic E-state index is 0.664. The molecule has 27 heavy (non-hydrogen) atoms. The summed E-state index contributed by atoms with van der Waals surface area (Å²) in [6.07, 6.45) is 5.35. The zero-order valence-corrected chi connectivity index (χ0v) is 16.5. The summed E-state index contributed by atoms with van der Waals surface area (Å²) in [6.45, 7) is 4.22. The smallest absolute Gasteiger partial charge is 0.164 e. The SMILES string of the molecule is Cc1sc2nc(-c3cccnc3)nc(Nc3ccc(N(C)C)nc3)c2c1C. The largest absolute Gasteiger partial charge is 0.363 e. The Hall–Kier alpha value is -3.06. The number of hydrogen-bond donors (Lipinski definition) is 1. The second-order valence-electron chi connectivity index (χ2n) is 6.53. The van der Waals surface area contributed by atoms with Crippen molar-refractivity contribution >= 4 is 38.9 Å². The monoisotopic (exact) mass is 376 g/mol. The van der Waals surface area contributed by atoms with Crippen molar-refractivity contribution in [3.8, 4) is 11.4 Å². The van der Waals surface area contributed by atoms with Crippen LogP contribution in [0.3, 0.4) is 0 Å². The number of aryl methyl sites for hydroxylation is 2. The fourth-order valence-corrected chi connectivity index (χ4v) is 3.85. The van der Waals surface area contributed by atoms with Crippen LogP contribution in [0, 0.1) is 13.8 Å². The maximum absolute atomic E-state index is 4.80. The highest BCUT2D eigenvalue weighted by molar-refractivity contribution is 7.18. The molecule has 6 nitrogen and oxygen atoms in total. The average Bonchev–Trinajstić information content (AvgIpc) is 2.97. The zero-order valence-electron chi connectivity index (χ0n) is 15.7. The molecule has 1 N–H and O–H groups in total. The third kappa shape index (κ3) is 3.33. The average molecular weight is 376 g/mol. The fraction of sp³-hybridized carbons (Fsp3) is 0.200. The number of pyridine rings is 2. The summed E-state index contributed by atoms with van der Waals surface area (Å²) < 4.78 is 0. The van der Waals surface area contributed by atoms with Gasteiger partial charge < -0.3 is 10.2 Å². The molecular formula is C20H20N6S. The van der Waals surface area contributed by atoms with Gasteiger partial charge in [0.1, 0.15) is 16.5 Å². The molecule has 0 saturated carbocycles. The van der Waals surface area contributed by atoms with Crippen molar-refractivity contribution in [3.05, 3.63) is 53.3 Å². The Morgan fingerprint density at radius 2 is 1.89 bits per heavy atom. The van der Waals surface area contributed by atoms with Gasteiger partial charge in [-0.15, -0.1) is 11.3 Å². The van der Waals surface area contributed by atoms with Crippen molar-refractivity contribution in [2.24, 2.45) is 0 Å². The van der Waals surface area contributed by atoms with E-state index in [1.165, 1.54) is 10.4 Å². The number of nitrogens with zero attached hydrogens (tertiary/aromatic N) is 5. The normalized spacial score (nSPS) is 11.0. The van der Waals surface area contributed by atoms with Gasteiger partial charge in [0.05, 0.1) is 17.3 Å². The first-order valence-electron chi connectivity index (χ1n) is 8.61.